The van der Waals surface area contributed by atoms with Crippen LogP contribution < -0.4 is 5.32 Å². The van der Waals surface area contributed by atoms with Gasteiger partial charge in [0.25, 0.3) is 5.91 Å². The lowest BCUT2D eigenvalue weighted by atomic mass is 10.1. The van der Waals surface area contributed by atoms with Crippen molar-refractivity contribution in [2.75, 3.05) is 32.7 Å². The molecule has 1 saturated heterocycles. The van der Waals surface area contributed by atoms with E-state index in [9.17, 15) is 9.59 Å². The topological polar surface area (TPSA) is 52.7 Å². The van der Waals surface area contributed by atoms with Gasteiger partial charge in [0.15, 0.2) is 0 Å². The summed E-state index contributed by atoms with van der Waals surface area (Å²) in [6.45, 7) is 6.90. The van der Waals surface area contributed by atoms with Crippen LogP contribution in [0.25, 0.3) is 0 Å². The number of hydrogen-bond donors (Lipinski definition) is 1. The molecular weight excluding hydrogens is 374 g/mol. The maximum absolute atomic E-state index is 12.5. The van der Waals surface area contributed by atoms with E-state index in [1.54, 1.807) is 6.07 Å². The van der Waals surface area contributed by atoms with Crippen molar-refractivity contribution in [1.82, 2.24) is 15.1 Å². The quantitative estimate of drug-likeness (QED) is 0.839. The second kappa shape index (κ2) is 9.22. The monoisotopic (exact) mass is 399 g/mol. The van der Waals surface area contributed by atoms with E-state index in [-0.39, 0.29) is 24.4 Å². The number of rotatable bonds is 5. The third-order valence-electron chi connectivity index (χ3n) is 5.36. The van der Waals surface area contributed by atoms with Gasteiger partial charge in [0, 0.05) is 42.8 Å². The molecule has 1 aliphatic rings. The van der Waals surface area contributed by atoms with Crippen LogP contribution in [0.2, 0.25) is 5.02 Å². The standard InChI is InChI=1S/C22H26ClN3O2/c1-16-7-3-4-8-18(16)22(28)24-15-21(27)26-13-11-25(12-14-26)17(2)19-9-5-6-10-20(19)23/h3-10,17H,11-15H2,1-2H3,(H,24,28). The Kier molecular flexibility index (Phi) is 6.70. The number of nitrogens with one attached hydrogen (secondary N) is 1. The third-order valence-corrected chi connectivity index (χ3v) is 5.70. The molecule has 2 aromatic rings. The highest BCUT2D eigenvalue weighted by Gasteiger charge is 2.25. The van der Waals surface area contributed by atoms with Crippen molar-refractivity contribution in [3.63, 3.8) is 0 Å². The molecule has 2 amide bonds. The Balaban J connectivity index is 1.49. The highest BCUT2D eigenvalue weighted by Crippen LogP contribution is 2.27. The molecule has 1 fully saturated rings. The maximum atomic E-state index is 12.5. The molecule has 148 valence electrons. The zero-order valence-electron chi connectivity index (χ0n) is 16.3. The fraction of sp³-hybridized carbons (Fsp3) is 0.364. The van der Waals surface area contributed by atoms with Gasteiger partial charge in [-0.1, -0.05) is 48.0 Å². The molecule has 1 atom stereocenters. The summed E-state index contributed by atoms with van der Waals surface area (Å²) >= 11 is 6.32. The highest BCUT2D eigenvalue weighted by atomic mass is 35.5. The minimum atomic E-state index is -0.211. The Morgan fingerprint density at radius 1 is 1.04 bits per heavy atom. The van der Waals surface area contributed by atoms with Gasteiger partial charge in [0.1, 0.15) is 0 Å². The summed E-state index contributed by atoms with van der Waals surface area (Å²) in [5, 5.41) is 3.51. The van der Waals surface area contributed by atoms with Crippen LogP contribution in [0.3, 0.4) is 0 Å². The van der Waals surface area contributed by atoms with E-state index in [0.717, 1.165) is 29.2 Å². The molecule has 1 aliphatic heterocycles. The molecule has 0 saturated carbocycles. The molecule has 0 aromatic heterocycles. The average molecular weight is 400 g/mol. The average Bonchev–Trinajstić information content (AvgIpc) is 2.72. The Bertz CT molecular complexity index is 847. The molecule has 1 unspecified atom stereocenters. The van der Waals surface area contributed by atoms with Crippen LogP contribution in [-0.4, -0.2) is 54.3 Å². The highest BCUT2D eigenvalue weighted by molar-refractivity contribution is 6.31. The predicted molar refractivity (Wildman–Crippen MR) is 112 cm³/mol. The van der Waals surface area contributed by atoms with Gasteiger partial charge < -0.3 is 10.2 Å². The summed E-state index contributed by atoms with van der Waals surface area (Å²) in [4.78, 5) is 28.9. The van der Waals surface area contributed by atoms with E-state index in [4.69, 9.17) is 11.6 Å². The number of hydrogen-bond acceptors (Lipinski definition) is 3. The molecule has 2 aromatic carbocycles. The molecule has 0 aliphatic carbocycles. The lowest BCUT2D eigenvalue weighted by Crippen LogP contribution is -2.51. The summed E-state index contributed by atoms with van der Waals surface area (Å²) < 4.78 is 0. The minimum absolute atomic E-state index is 0.0211. The summed E-state index contributed by atoms with van der Waals surface area (Å²) in [7, 11) is 0. The van der Waals surface area contributed by atoms with E-state index in [1.165, 1.54) is 0 Å². The Morgan fingerprint density at radius 2 is 1.68 bits per heavy atom. The number of carbonyl (C=O) groups is 2. The number of piperazine rings is 1. The van der Waals surface area contributed by atoms with Gasteiger partial charge in [0.05, 0.1) is 6.54 Å². The first-order chi connectivity index (χ1) is 13.5. The second-order valence-electron chi connectivity index (χ2n) is 7.11. The van der Waals surface area contributed by atoms with Crippen molar-refractivity contribution in [2.45, 2.75) is 19.9 Å². The molecule has 0 bridgehead atoms. The predicted octanol–water partition coefficient (Wildman–Crippen LogP) is 3.28. The van der Waals surface area contributed by atoms with Crippen LogP contribution in [0, 0.1) is 6.92 Å². The van der Waals surface area contributed by atoms with Gasteiger partial charge in [-0.25, -0.2) is 0 Å². The molecule has 5 nitrogen and oxygen atoms in total. The first-order valence-corrected chi connectivity index (χ1v) is 9.95. The van der Waals surface area contributed by atoms with Gasteiger partial charge in [-0.05, 0) is 37.1 Å². The summed E-state index contributed by atoms with van der Waals surface area (Å²) in [6.07, 6.45) is 0. The first-order valence-electron chi connectivity index (χ1n) is 9.57. The van der Waals surface area contributed by atoms with Crippen LogP contribution in [-0.2, 0) is 4.79 Å². The Morgan fingerprint density at radius 3 is 2.36 bits per heavy atom. The van der Waals surface area contributed by atoms with E-state index in [0.29, 0.717) is 18.7 Å². The van der Waals surface area contributed by atoms with Crippen molar-refractivity contribution < 1.29 is 9.59 Å². The van der Waals surface area contributed by atoms with Crippen LogP contribution in [0.4, 0.5) is 0 Å². The zero-order chi connectivity index (χ0) is 20.1. The molecule has 28 heavy (non-hydrogen) atoms. The van der Waals surface area contributed by atoms with Gasteiger partial charge in [-0.15, -0.1) is 0 Å². The van der Waals surface area contributed by atoms with Gasteiger partial charge in [0.2, 0.25) is 5.91 Å². The SMILES string of the molecule is Cc1ccccc1C(=O)NCC(=O)N1CCN(C(C)c2ccccc2Cl)CC1. The Labute approximate surface area is 171 Å². The summed E-state index contributed by atoms with van der Waals surface area (Å²) in [6, 6.07) is 15.4. The first kappa shape index (κ1) is 20.4. The fourth-order valence-corrected chi connectivity index (χ4v) is 3.85. The van der Waals surface area contributed by atoms with Crippen LogP contribution in [0.15, 0.2) is 48.5 Å². The number of carbonyl (C=O) groups excluding carboxylic acids is 2. The van der Waals surface area contributed by atoms with Crippen LogP contribution in [0.5, 0.6) is 0 Å². The van der Waals surface area contributed by atoms with Crippen molar-refractivity contribution in [1.29, 1.82) is 0 Å². The molecule has 1 heterocycles. The normalized spacial score (nSPS) is 15.9. The number of benzene rings is 2. The van der Waals surface area contributed by atoms with E-state index in [1.807, 2.05) is 54.3 Å². The van der Waals surface area contributed by atoms with E-state index < -0.39 is 0 Å². The molecule has 6 heteroatoms. The second-order valence-corrected chi connectivity index (χ2v) is 7.52. The van der Waals surface area contributed by atoms with E-state index >= 15 is 0 Å². The third kappa shape index (κ3) is 4.72. The van der Waals surface area contributed by atoms with Gasteiger partial charge in [-0.3, -0.25) is 14.5 Å². The molecule has 0 radical (unpaired) electrons. The number of amides is 2. The number of nitrogens with zero attached hydrogens (tertiary/aromatic N) is 2. The molecule has 1 N–H and O–H groups in total. The van der Waals surface area contributed by atoms with Crippen molar-refractivity contribution in [2.24, 2.45) is 0 Å². The minimum Gasteiger partial charge on any atom is -0.343 e. The Hall–Kier alpha value is -2.37. The van der Waals surface area contributed by atoms with Crippen molar-refractivity contribution in [3.05, 3.63) is 70.2 Å². The maximum Gasteiger partial charge on any atom is 0.251 e. The summed E-state index contributed by atoms with van der Waals surface area (Å²) in [5.74, 6) is -0.260. The van der Waals surface area contributed by atoms with Crippen molar-refractivity contribution in [3.8, 4) is 0 Å². The molecule has 0 spiro atoms. The van der Waals surface area contributed by atoms with Gasteiger partial charge >= 0.3 is 0 Å². The zero-order valence-corrected chi connectivity index (χ0v) is 17.1. The van der Waals surface area contributed by atoms with Crippen LogP contribution in [0.1, 0.15) is 34.5 Å². The lowest BCUT2D eigenvalue weighted by molar-refractivity contribution is -0.132. The smallest absolute Gasteiger partial charge is 0.251 e. The van der Waals surface area contributed by atoms with Crippen molar-refractivity contribution >= 4 is 23.4 Å². The van der Waals surface area contributed by atoms with E-state index in [2.05, 4.69) is 17.1 Å². The number of aryl methyl sites for hydroxylation is 1. The fourth-order valence-electron chi connectivity index (χ4n) is 3.56. The molecule has 3 rings (SSSR count). The lowest BCUT2D eigenvalue weighted by Gasteiger charge is -2.38. The largest absolute Gasteiger partial charge is 0.343 e. The molecular formula is C22H26ClN3O2. The van der Waals surface area contributed by atoms with Gasteiger partial charge in [-0.2, -0.15) is 0 Å². The number of halogens is 1. The van der Waals surface area contributed by atoms with Crippen LogP contribution >= 0.6 is 11.6 Å². The summed E-state index contributed by atoms with van der Waals surface area (Å²) in [5.41, 5.74) is 2.61.